The summed E-state index contributed by atoms with van der Waals surface area (Å²) in [7, 11) is 0. The van der Waals surface area contributed by atoms with Crippen molar-refractivity contribution in [1.82, 2.24) is 19.9 Å². The predicted molar refractivity (Wildman–Crippen MR) is 199 cm³/mol. The Bertz CT molecular complexity index is 2890. The summed E-state index contributed by atoms with van der Waals surface area (Å²) in [5.41, 5.74) is 5.36. The van der Waals surface area contributed by atoms with Gasteiger partial charge in [-0.05, 0) is 62.6 Å². The molecule has 0 saturated heterocycles. The van der Waals surface area contributed by atoms with Crippen molar-refractivity contribution in [1.29, 1.82) is 0 Å². The van der Waals surface area contributed by atoms with Crippen LogP contribution >= 0.6 is 0 Å². The maximum Gasteiger partial charge on any atom is 0.227 e. The smallest absolute Gasteiger partial charge is 0.227 e. The van der Waals surface area contributed by atoms with Crippen molar-refractivity contribution < 1.29 is 4.42 Å². The summed E-state index contributed by atoms with van der Waals surface area (Å²) >= 11 is 0. The van der Waals surface area contributed by atoms with Crippen molar-refractivity contribution in [3.63, 3.8) is 0 Å². The Labute approximate surface area is 281 Å². The molecule has 8 aromatic carbocycles. The van der Waals surface area contributed by atoms with Gasteiger partial charge in [0.25, 0.3) is 0 Å². The van der Waals surface area contributed by atoms with Gasteiger partial charge in [0.1, 0.15) is 5.52 Å². The van der Waals surface area contributed by atoms with Gasteiger partial charge in [-0.3, -0.25) is 0 Å². The van der Waals surface area contributed by atoms with Crippen molar-refractivity contribution in [2.45, 2.75) is 0 Å². The average Bonchev–Trinajstić information content (AvgIpc) is 3.64. The van der Waals surface area contributed by atoms with Gasteiger partial charge in [0.05, 0.1) is 0 Å². The number of benzene rings is 8. The van der Waals surface area contributed by atoms with E-state index in [9.17, 15) is 0 Å². The van der Waals surface area contributed by atoms with Crippen LogP contribution in [0.1, 0.15) is 0 Å². The summed E-state index contributed by atoms with van der Waals surface area (Å²) in [6, 6.07) is 54.1. The second-order valence-corrected chi connectivity index (χ2v) is 12.3. The van der Waals surface area contributed by atoms with E-state index in [1.807, 2.05) is 36.4 Å². The number of oxazole rings is 1. The number of aromatic nitrogens is 4. The van der Waals surface area contributed by atoms with Crippen LogP contribution in [-0.4, -0.2) is 19.9 Å². The van der Waals surface area contributed by atoms with Crippen LogP contribution in [0.2, 0.25) is 0 Å². The Hall–Kier alpha value is -6.72. The molecular formula is C44H26N4O. The molecule has 0 unspecified atom stereocenters. The fourth-order valence-corrected chi connectivity index (χ4v) is 6.92. The lowest BCUT2D eigenvalue weighted by atomic mass is 9.98. The Morgan fingerprint density at radius 3 is 1.82 bits per heavy atom. The normalized spacial score (nSPS) is 11.7. The zero-order valence-corrected chi connectivity index (χ0v) is 26.2. The van der Waals surface area contributed by atoms with Gasteiger partial charge in [0.2, 0.25) is 5.89 Å². The van der Waals surface area contributed by atoms with Crippen LogP contribution in [0.3, 0.4) is 0 Å². The molecule has 0 spiro atoms. The Morgan fingerprint density at radius 1 is 0.347 bits per heavy atom. The van der Waals surface area contributed by atoms with Gasteiger partial charge in [-0.2, -0.15) is 0 Å². The van der Waals surface area contributed by atoms with Crippen LogP contribution in [0.4, 0.5) is 0 Å². The summed E-state index contributed by atoms with van der Waals surface area (Å²) in [6.45, 7) is 0. The lowest BCUT2D eigenvalue weighted by molar-refractivity contribution is 0.623. The van der Waals surface area contributed by atoms with E-state index in [0.29, 0.717) is 23.4 Å². The molecule has 10 aromatic rings. The topological polar surface area (TPSA) is 64.7 Å². The molecule has 0 saturated carbocycles. The van der Waals surface area contributed by atoms with Crippen LogP contribution in [0.25, 0.3) is 99.8 Å². The van der Waals surface area contributed by atoms with Gasteiger partial charge in [0, 0.05) is 33.0 Å². The lowest BCUT2D eigenvalue weighted by Gasteiger charge is -2.12. The molecule has 0 aliphatic carbocycles. The Balaban J connectivity index is 1.22. The van der Waals surface area contributed by atoms with Crippen LogP contribution in [0.15, 0.2) is 162 Å². The van der Waals surface area contributed by atoms with Gasteiger partial charge in [-0.25, -0.2) is 19.9 Å². The summed E-state index contributed by atoms with van der Waals surface area (Å²) in [4.78, 5) is 20.3. The lowest BCUT2D eigenvalue weighted by Crippen LogP contribution is -2.00. The Kier molecular flexibility index (Phi) is 6.11. The van der Waals surface area contributed by atoms with E-state index >= 15 is 0 Å². The SMILES string of the molecule is c1ccc(-c2nc3c4ccccc4c4cc(-c5nc(-c6ccc7ccccc7c6)nc(-c6cccc7ccccc67)n5)ccc4c3o2)cc1. The quantitative estimate of drug-likeness (QED) is 0.182. The highest BCUT2D eigenvalue weighted by Crippen LogP contribution is 2.39. The maximum absolute atomic E-state index is 6.50. The molecule has 0 aliphatic heterocycles. The van der Waals surface area contributed by atoms with Crippen molar-refractivity contribution in [2.75, 3.05) is 0 Å². The van der Waals surface area contributed by atoms with E-state index in [0.717, 1.165) is 71.1 Å². The molecule has 228 valence electrons. The van der Waals surface area contributed by atoms with Crippen LogP contribution in [-0.2, 0) is 0 Å². The minimum atomic E-state index is 0.606. The molecule has 0 amide bonds. The van der Waals surface area contributed by atoms with Crippen LogP contribution < -0.4 is 0 Å². The third-order valence-corrected chi connectivity index (χ3v) is 9.32. The number of rotatable bonds is 4. The van der Waals surface area contributed by atoms with Gasteiger partial charge in [-0.15, -0.1) is 0 Å². The Morgan fingerprint density at radius 2 is 0.980 bits per heavy atom. The molecule has 5 heteroatoms. The minimum absolute atomic E-state index is 0.606. The predicted octanol–water partition coefficient (Wildman–Crippen LogP) is 11.3. The van der Waals surface area contributed by atoms with E-state index < -0.39 is 0 Å². The van der Waals surface area contributed by atoms with E-state index in [-0.39, 0.29) is 0 Å². The number of fused-ring (bicyclic) bond motifs is 8. The van der Waals surface area contributed by atoms with E-state index in [1.165, 1.54) is 5.39 Å². The van der Waals surface area contributed by atoms with Gasteiger partial charge >= 0.3 is 0 Å². The number of hydrogen-bond donors (Lipinski definition) is 0. The molecule has 0 bridgehead atoms. The second kappa shape index (κ2) is 10.9. The molecule has 2 aromatic heterocycles. The molecule has 0 atom stereocenters. The summed E-state index contributed by atoms with van der Waals surface area (Å²) < 4.78 is 6.50. The van der Waals surface area contributed by atoms with Crippen molar-refractivity contribution in [3.8, 4) is 45.6 Å². The van der Waals surface area contributed by atoms with E-state index in [4.69, 9.17) is 24.4 Å². The summed E-state index contributed by atoms with van der Waals surface area (Å²) in [6.07, 6.45) is 0. The van der Waals surface area contributed by atoms with Crippen LogP contribution in [0, 0.1) is 0 Å². The highest BCUT2D eigenvalue weighted by molar-refractivity contribution is 6.23. The van der Waals surface area contributed by atoms with Crippen molar-refractivity contribution in [2.24, 2.45) is 0 Å². The van der Waals surface area contributed by atoms with E-state index in [2.05, 4.69) is 121 Å². The molecular weight excluding hydrogens is 601 g/mol. The van der Waals surface area contributed by atoms with E-state index in [1.54, 1.807) is 0 Å². The fraction of sp³-hybridized carbons (Fsp3) is 0. The molecule has 0 aliphatic rings. The second-order valence-electron chi connectivity index (χ2n) is 12.3. The minimum Gasteiger partial charge on any atom is -0.435 e. The molecule has 5 nitrogen and oxygen atoms in total. The van der Waals surface area contributed by atoms with Gasteiger partial charge in [0.15, 0.2) is 23.1 Å². The molecule has 0 fully saturated rings. The molecule has 10 rings (SSSR count). The molecule has 2 heterocycles. The van der Waals surface area contributed by atoms with Gasteiger partial charge in [-0.1, -0.05) is 127 Å². The third kappa shape index (κ3) is 4.55. The standard InChI is InChI=1S/C44H26N4O/c1-2-13-29(14-3-1)44-45-39-35-19-9-8-18-34(35)38-26-32(23-24-36(38)40(39)49-44)42-46-41(31-22-21-27-11-4-5-15-30(27)25-31)47-43(48-42)37-20-10-16-28-12-6-7-17-33(28)37/h1-26H. The highest BCUT2D eigenvalue weighted by atomic mass is 16.3. The molecule has 49 heavy (non-hydrogen) atoms. The monoisotopic (exact) mass is 626 g/mol. The summed E-state index contributed by atoms with van der Waals surface area (Å²) in [5.74, 6) is 2.47. The number of hydrogen-bond acceptors (Lipinski definition) is 5. The van der Waals surface area contributed by atoms with Crippen molar-refractivity contribution in [3.05, 3.63) is 158 Å². The summed E-state index contributed by atoms with van der Waals surface area (Å²) in [5, 5.41) is 8.72. The largest absolute Gasteiger partial charge is 0.435 e. The third-order valence-electron chi connectivity index (χ3n) is 9.32. The first-order valence-electron chi connectivity index (χ1n) is 16.3. The van der Waals surface area contributed by atoms with Crippen LogP contribution in [0.5, 0.6) is 0 Å². The first kappa shape index (κ1) is 27.4. The molecule has 0 radical (unpaired) electrons. The van der Waals surface area contributed by atoms with Crippen molar-refractivity contribution >= 4 is 54.2 Å². The number of nitrogens with zero attached hydrogens (tertiary/aromatic N) is 4. The fourth-order valence-electron chi connectivity index (χ4n) is 6.92. The maximum atomic E-state index is 6.50. The van der Waals surface area contributed by atoms with Gasteiger partial charge < -0.3 is 4.42 Å². The first-order chi connectivity index (χ1) is 24.3. The average molecular weight is 627 g/mol. The highest BCUT2D eigenvalue weighted by Gasteiger charge is 2.19. The zero-order chi connectivity index (χ0) is 32.3. The first-order valence-corrected chi connectivity index (χ1v) is 16.3. The zero-order valence-electron chi connectivity index (χ0n) is 26.2. The molecule has 0 N–H and O–H groups in total.